The lowest BCUT2D eigenvalue weighted by molar-refractivity contribution is 0.288. The van der Waals surface area contributed by atoms with Crippen LogP contribution in [0.1, 0.15) is 17.5 Å². The smallest absolute Gasteiger partial charge is 0.0659 e. The van der Waals surface area contributed by atoms with Crippen molar-refractivity contribution in [3.8, 4) is 0 Å². The molecule has 0 unspecified atom stereocenters. The van der Waals surface area contributed by atoms with Crippen molar-refractivity contribution in [3.63, 3.8) is 0 Å². The Morgan fingerprint density at radius 3 is 2.94 bits per heavy atom. The molecule has 0 aliphatic carbocycles. The molecule has 1 aromatic carbocycles. The van der Waals surface area contributed by atoms with E-state index < -0.39 is 0 Å². The number of rotatable bonds is 5. The summed E-state index contributed by atoms with van der Waals surface area (Å²) < 4.78 is 3.01. The molecule has 0 spiro atoms. The van der Waals surface area contributed by atoms with Crippen molar-refractivity contribution in [3.05, 3.63) is 52.3 Å². The lowest BCUT2D eigenvalue weighted by Crippen LogP contribution is -1.99. The predicted molar refractivity (Wildman–Crippen MR) is 70.9 cm³/mol. The van der Waals surface area contributed by atoms with Crippen molar-refractivity contribution >= 4 is 15.9 Å². The molecule has 0 bridgehead atoms. The number of hydrogen-bond donors (Lipinski definition) is 1. The average molecular weight is 295 g/mol. The van der Waals surface area contributed by atoms with Crippen LogP contribution in [0.15, 0.2) is 41.1 Å². The quantitative estimate of drug-likeness (QED) is 0.921. The number of aliphatic hydroxyl groups excluding tert-OH is 1. The van der Waals surface area contributed by atoms with Gasteiger partial charge in [-0.05, 0) is 36.1 Å². The molecule has 0 fully saturated rings. The molecule has 90 valence electrons. The Balaban J connectivity index is 2.01. The number of hydrogen-bond acceptors (Lipinski definition) is 2. The first-order valence-electron chi connectivity index (χ1n) is 5.64. The number of benzene rings is 1. The molecule has 1 aromatic heterocycles. The predicted octanol–water partition coefficient (Wildman–Crippen LogP) is 2.62. The van der Waals surface area contributed by atoms with Crippen molar-refractivity contribution < 1.29 is 5.11 Å². The van der Waals surface area contributed by atoms with E-state index in [0.717, 1.165) is 23.9 Å². The third-order valence-electron chi connectivity index (χ3n) is 2.54. The van der Waals surface area contributed by atoms with Crippen LogP contribution in [0.5, 0.6) is 0 Å². The van der Waals surface area contributed by atoms with Gasteiger partial charge in [-0.2, -0.15) is 5.10 Å². The van der Waals surface area contributed by atoms with Crippen LogP contribution in [-0.4, -0.2) is 21.5 Å². The molecule has 2 rings (SSSR count). The summed E-state index contributed by atoms with van der Waals surface area (Å²) in [5, 5.41) is 13.1. The molecule has 2 aromatic rings. The highest BCUT2D eigenvalue weighted by Crippen LogP contribution is 2.13. The van der Waals surface area contributed by atoms with E-state index in [1.807, 2.05) is 29.2 Å². The Hall–Kier alpha value is -1.13. The van der Waals surface area contributed by atoms with Gasteiger partial charge in [0.05, 0.1) is 12.7 Å². The monoisotopic (exact) mass is 294 g/mol. The van der Waals surface area contributed by atoms with Gasteiger partial charge in [0.25, 0.3) is 0 Å². The summed E-state index contributed by atoms with van der Waals surface area (Å²) in [6.45, 7) is 1.01. The zero-order valence-corrected chi connectivity index (χ0v) is 11.1. The molecule has 4 heteroatoms. The first-order valence-corrected chi connectivity index (χ1v) is 6.44. The van der Waals surface area contributed by atoms with E-state index >= 15 is 0 Å². The highest BCUT2D eigenvalue weighted by Gasteiger charge is 2.00. The zero-order chi connectivity index (χ0) is 12.1. The number of aromatic nitrogens is 2. The molecular weight excluding hydrogens is 280 g/mol. The maximum absolute atomic E-state index is 8.77. The molecule has 0 aliphatic rings. The van der Waals surface area contributed by atoms with E-state index in [2.05, 4.69) is 33.2 Å². The van der Waals surface area contributed by atoms with E-state index in [4.69, 9.17) is 5.11 Å². The number of halogens is 1. The van der Waals surface area contributed by atoms with Crippen LogP contribution in [0.4, 0.5) is 0 Å². The van der Waals surface area contributed by atoms with Crippen LogP contribution in [0.2, 0.25) is 0 Å². The van der Waals surface area contributed by atoms with Crippen molar-refractivity contribution in [2.24, 2.45) is 0 Å². The second kappa shape index (κ2) is 5.98. The van der Waals surface area contributed by atoms with Gasteiger partial charge in [0, 0.05) is 17.3 Å². The maximum atomic E-state index is 8.77. The molecule has 0 aliphatic heterocycles. The van der Waals surface area contributed by atoms with Gasteiger partial charge in [-0.1, -0.05) is 28.1 Å². The third kappa shape index (κ3) is 3.68. The van der Waals surface area contributed by atoms with Crippen LogP contribution in [0.3, 0.4) is 0 Å². The van der Waals surface area contributed by atoms with E-state index in [1.165, 1.54) is 11.1 Å². The van der Waals surface area contributed by atoms with Gasteiger partial charge in [0.15, 0.2) is 0 Å². The van der Waals surface area contributed by atoms with Gasteiger partial charge in [-0.25, -0.2) is 0 Å². The van der Waals surface area contributed by atoms with E-state index in [9.17, 15) is 0 Å². The maximum Gasteiger partial charge on any atom is 0.0659 e. The minimum absolute atomic E-state index is 0.233. The fourth-order valence-electron chi connectivity index (χ4n) is 1.73. The standard InChI is InChI=1S/C13H15BrN2O/c14-13-5-1-3-11(7-13)9-16-10-12(8-15-16)4-2-6-17/h1,3,5,7-8,10,17H,2,4,6,9H2. The summed E-state index contributed by atoms with van der Waals surface area (Å²) in [6, 6.07) is 8.21. The average Bonchev–Trinajstić information content (AvgIpc) is 2.74. The van der Waals surface area contributed by atoms with Crippen molar-refractivity contribution in [1.82, 2.24) is 9.78 Å². The van der Waals surface area contributed by atoms with Gasteiger partial charge in [0.1, 0.15) is 0 Å². The Morgan fingerprint density at radius 1 is 1.29 bits per heavy atom. The number of nitrogens with zero attached hydrogens (tertiary/aromatic N) is 2. The first-order chi connectivity index (χ1) is 8.28. The zero-order valence-electron chi connectivity index (χ0n) is 9.51. The summed E-state index contributed by atoms with van der Waals surface area (Å²) >= 11 is 3.46. The number of aryl methyl sites for hydroxylation is 1. The van der Waals surface area contributed by atoms with Crippen LogP contribution in [-0.2, 0) is 13.0 Å². The molecule has 1 heterocycles. The Bertz CT molecular complexity index is 482. The van der Waals surface area contributed by atoms with Crippen molar-refractivity contribution in [2.45, 2.75) is 19.4 Å². The molecule has 0 atom stereocenters. The second-order valence-corrected chi connectivity index (χ2v) is 4.92. The molecule has 3 nitrogen and oxygen atoms in total. The van der Waals surface area contributed by atoms with Gasteiger partial charge >= 0.3 is 0 Å². The highest BCUT2D eigenvalue weighted by molar-refractivity contribution is 9.10. The van der Waals surface area contributed by atoms with Gasteiger partial charge in [-0.3, -0.25) is 4.68 Å². The normalized spacial score (nSPS) is 10.7. The molecule has 17 heavy (non-hydrogen) atoms. The molecule has 0 saturated heterocycles. The lowest BCUT2D eigenvalue weighted by Gasteiger charge is -2.02. The summed E-state index contributed by atoms with van der Waals surface area (Å²) in [6.07, 6.45) is 5.59. The largest absolute Gasteiger partial charge is 0.396 e. The minimum atomic E-state index is 0.233. The fraction of sp³-hybridized carbons (Fsp3) is 0.308. The Kier molecular flexibility index (Phi) is 4.34. The Morgan fingerprint density at radius 2 is 2.18 bits per heavy atom. The number of aliphatic hydroxyl groups is 1. The fourth-order valence-corrected chi connectivity index (χ4v) is 2.17. The summed E-state index contributed by atoms with van der Waals surface area (Å²) in [5.74, 6) is 0. The molecule has 0 amide bonds. The molecule has 1 N–H and O–H groups in total. The van der Waals surface area contributed by atoms with Gasteiger partial charge < -0.3 is 5.11 Å². The summed E-state index contributed by atoms with van der Waals surface area (Å²) in [4.78, 5) is 0. The van der Waals surface area contributed by atoms with Crippen LogP contribution in [0, 0.1) is 0 Å². The van der Waals surface area contributed by atoms with Crippen LogP contribution >= 0.6 is 15.9 Å². The molecular formula is C13H15BrN2O. The Labute approximate surface area is 109 Å². The highest BCUT2D eigenvalue weighted by atomic mass is 79.9. The first kappa shape index (κ1) is 12.3. The third-order valence-corrected chi connectivity index (χ3v) is 3.04. The van der Waals surface area contributed by atoms with E-state index in [-0.39, 0.29) is 6.61 Å². The van der Waals surface area contributed by atoms with E-state index in [1.54, 1.807) is 0 Å². The SMILES string of the molecule is OCCCc1cnn(Cc2cccc(Br)c2)c1. The van der Waals surface area contributed by atoms with Crippen molar-refractivity contribution in [2.75, 3.05) is 6.61 Å². The second-order valence-electron chi connectivity index (χ2n) is 4.00. The molecule has 0 saturated carbocycles. The summed E-state index contributed by atoms with van der Waals surface area (Å²) in [7, 11) is 0. The van der Waals surface area contributed by atoms with E-state index in [0.29, 0.717) is 0 Å². The molecule has 0 radical (unpaired) electrons. The van der Waals surface area contributed by atoms with Crippen LogP contribution < -0.4 is 0 Å². The topological polar surface area (TPSA) is 38.1 Å². The van der Waals surface area contributed by atoms with Crippen molar-refractivity contribution in [1.29, 1.82) is 0 Å². The summed E-state index contributed by atoms with van der Waals surface area (Å²) in [5.41, 5.74) is 2.39. The lowest BCUT2D eigenvalue weighted by atomic mass is 10.2. The minimum Gasteiger partial charge on any atom is -0.396 e. The van der Waals surface area contributed by atoms with Gasteiger partial charge in [0.2, 0.25) is 0 Å². The van der Waals surface area contributed by atoms with Gasteiger partial charge in [-0.15, -0.1) is 0 Å². The van der Waals surface area contributed by atoms with Crippen LogP contribution in [0.25, 0.3) is 0 Å².